The van der Waals surface area contributed by atoms with Gasteiger partial charge in [0.25, 0.3) is 0 Å². The molecule has 1 aromatic carbocycles. The van der Waals surface area contributed by atoms with Gasteiger partial charge in [-0.3, -0.25) is 4.79 Å². The summed E-state index contributed by atoms with van der Waals surface area (Å²) in [5, 5.41) is 0. The monoisotopic (exact) mass is 209 g/mol. The first-order chi connectivity index (χ1) is 7.22. The van der Waals surface area contributed by atoms with E-state index in [0.29, 0.717) is 17.8 Å². The first kappa shape index (κ1) is 11.0. The smallest absolute Gasteiger partial charge is 0.420 e. The van der Waals surface area contributed by atoms with E-state index >= 15 is 0 Å². The van der Waals surface area contributed by atoms with Crippen LogP contribution in [0.4, 0.5) is 10.5 Å². The summed E-state index contributed by atoms with van der Waals surface area (Å²) in [7, 11) is 2.75. The summed E-state index contributed by atoms with van der Waals surface area (Å²) in [4.78, 5) is 22.7. The van der Waals surface area contributed by atoms with Crippen LogP contribution in [-0.2, 0) is 9.53 Å². The number of imide groups is 1. The number of nitrogens with zero attached hydrogens (tertiary/aromatic N) is 1. The molecule has 0 bridgehead atoms. The zero-order chi connectivity index (χ0) is 11.3. The van der Waals surface area contributed by atoms with Crippen LogP contribution in [0, 0.1) is 0 Å². The Morgan fingerprint density at radius 1 is 1.27 bits per heavy atom. The highest BCUT2D eigenvalue weighted by Gasteiger charge is 2.14. The third kappa shape index (κ3) is 2.46. The third-order valence-corrected chi connectivity index (χ3v) is 1.83. The van der Waals surface area contributed by atoms with Gasteiger partial charge in [0.05, 0.1) is 19.9 Å². The number of ether oxygens (including phenoxy) is 2. The fourth-order valence-corrected chi connectivity index (χ4v) is 1.05. The summed E-state index contributed by atoms with van der Waals surface area (Å²) >= 11 is 0. The molecule has 15 heavy (non-hydrogen) atoms. The Labute approximate surface area is 87.2 Å². The minimum Gasteiger partial charge on any atom is -0.497 e. The van der Waals surface area contributed by atoms with E-state index in [-0.39, 0.29) is 0 Å². The fraction of sp³-hybridized carbons (Fsp3) is 0.200. The molecule has 0 saturated heterocycles. The molecule has 0 heterocycles. The molecule has 0 aromatic heterocycles. The molecule has 0 aliphatic carbocycles. The molecule has 1 rings (SSSR count). The van der Waals surface area contributed by atoms with E-state index in [2.05, 4.69) is 4.74 Å². The zero-order valence-corrected chi connectivity index (χ0v) is 8.47. The number of benzene rings is 1. The largest absolute Gasteiger partial charge is 0.497 e. The minimum absolute atomic E-state index is 0.396. The number of carbonyl (C=O) groups excluding carboxylic acids is 2. The molecule has 0 unspecified atom stereocenters. The molecule has 0 fully saturated rings. The van der Waals surface area contributed by atoms with Gasteiger partial charge in [0.1, 0.15) is 5.75 Å². The highest BCUT2D eigenvalue weighted by Crippen LogP contribution is 2.18. The van der Waals surface area contributed by atoms with Gasteiger partial charge < -0.3 is 9.47 Å². The van der Waals surface area contributed by atoms with Crippen molar-refractivity contribution in [3.63, 3.8) is 0 Å². The van der Waals surface area contributed by atoms with Crippen molar-refractivity contribution in [2.45, 2.75) is 0 Å². The summed E-state index contributed by atoms with van der Waals surface area (Å²) in [6, 6.07) is 6.47. The second-order valence-electron chi connectivity index (χ2n) is 2.64. The highest BCUT2D eigenvalue weighted by molar-refractivity contribution is 6.03. The number of anilines is 1. The van der Waals surface area contributed by atoms with Crippen LogP contribution in [0.25, 0.3) is 0 Å². The molecular formula is C10H11NO4. The second-order valence-corrected chi connectivity index (χ2v) is 2.64. The van der Waals surface area contributed by atoms with Crippen LogP contribution >= 0.6 is 0 Å². The Balaban J connectivity index is 2.92. The number of amides is 2. The Kier molecular flexibility index (Phi) is 3.68. The summed E-state index contributed by atoms with van der Waals surface area (Å²) in [6.07, 6.45) is -0.330. The van der Waals surface area contributed by atoms with Crippen LogP contribution in [0.15, 0.2) is 24.3 Å². The normalized spacial score (nSPS) is 9.20. The van der Waals surface area contributed by atoms with Crippen LogP contribution < -0.4 is 9.64 Å². The fourth-order valence-electron chi connectivity index (χ4n) is 1.05. The van der Waals surface area contributed by atoms with E-state index in [9.17, 15) is 9.59 Å². The van der Waals surface area contributed by atoms with E-state index < -0.39 is 6.09 Å². The SMILES string of the molecule is COC(=O)N(C=O)c1ccc(OC)cc1. The topological polar surface area (TPSA) is 55.8 Å². The minimum atomic E-state index is -0.727. The zero-order valence-electron chi connectivity index (χ0n) is 8.47. The molecule has 2 amide bonds. The Bertz CT molecular complexity index is 347. The average Bonchev–Trinajstić information content (AvgIpc) is 2.30. The number of hydrogen-bond donors (Lipinski definition) is 0. The van der Waals surface area contributed by atoms with Crippen molar-refractivity contribution < 1.29 is 19.1 Å². The maximum Gasteiger partial charge on any atom is 0.420 e. The lowest BCUT2D eigenvalue weighted by Gasteiger charge is -2.13. The predicted molar refractivity (Wildman–Crippen MR) is 53.9 cm³/mol. The number of methoxy groups -OCH3 is 2. The van der Waals surface area contributed by atoms with Crippen LogP contribution in [0.5, 0.6) is 5.75 Å². The first-order valence-corrected chi connectivity index (χ1v) is 4.19. The van der Waals surface area contributed by atoms with Crippen LogP contribution in [0.2, 0.25) is 0 Å². The standard InChI is InChI=1S/C10H11NO4/c1-14-9-5-3-8(4-6-9)11(7-12)10(13)15-2/h3-7H,1-2H3. The van der Waals surface area contributed by atoms with Crippen molar-refractivity contribution >= 4 is 18.2 Å². The predicted octanol–water partition coefficient (Wildman–Crippen LogP) is 1.42. The first-order valence-electron chi connectivity index (χ1n) is 4.19. The van der Waals surface area contributed by atoms with Crippen molar-refractivity contribution in [1.82, 2.24) is 0 Å². The Morgan fingerprint density at radius 2 is 1.87 bits per heavy atom. The van der Waals surface area contributed by atoms with Gasteiger partial charge in [-0.05, 0) is 24.3 Å². The molecule has 1 aromatic rings. The molecule has 0 N–H and O–H groups in total. The van der Waals surface area contributed by atoms with Crippen molar-refractivity contribution in [2.75, 3.05) is 19.1 Å². The highest BCUT2D eigenvalue weighted by atomic mass is 16.5. The van der Waals surface area contributed by atoms with E-state index in [1.807, 2.05) is 0 Å². The van der Waals surface area contributed by atoms with Gasteiger partial charge in [-0.25, -0.2) is 9.69 Å². The maximum atomic E-state index is 11.1. The molecule has 0 saturated carbocycles. The van der Waals surface area contributed by atoms with Gasteiger partial charge in [0.2, 0.25) is 6.41 Å². The average molecular weight is 209 g/mol. The molecule has 5 heteroatoms. The third-order valence-electron chi connectivity index (χ3n) is 1.83. The van der Waals surface area contributed by atoms with Crippen molar-refractivity contribution in [3.8, 4) is 5.75 Å². The lowest BCUT2D eigenvalue weighted by molar-refractivity contribution is -0.107. The number of rotatable bonds is 3. The number of hydrogen-bond acceptors (Lipinski definition) is 4. The van der Waals surface area contributed by atoms with E-state index in [0.717, 1.165) is 4.90 Å². The second kappa shape index (κ2) is 4.99. The molecular weight excluding hydrogens is 198 g/mol. The van der Waals surface area contributed by atoms with Gasteiger partial charge in [0, 0.05) is 0 Å². The summed E-state index contributed by atoms with van der Waals surface area (Å²) < 4.78 is 9.39. The van der Waals surface area contributed by atoms with Crippen LogP contribution in [0.3, 0.4) is 0 Å². The van der Waals surface area contributed by atoms with Crippen LogP contribution in [0.1, 0.15) is 0 Å². The molecule has 0 aliphatic heterocycles. The molecule has 0 spiro atoms. The van der Waals surface area contributed by atoms with Gasteiger partial charge in [-0.1, -0.05) is 0 Å². The lowest BCUT2D eigenvalue weighted by Crippen LogP contribution is -2.28. The molecule has 0 radical (unpaired) electrons. The maximum absolute atomic E-state index is 11.1. The van der Waals surface area contributed by atoms with Gasteiger partial charge in [-0.15, -0.1) is 0 Å². The summed E-state index contributed by atoms with van der Waals surface area (Å²) in [5.41, 5.74) is 0.428. The van der Waals surface area contributed by atoms with Crippen molar-refractivity contribution in [3.05, 3.63) is 24.3 Å². The van der Waals surface area contributed by atoms with Crippen molar-refractivity contribution in [2.24, 2.45) is 0 Å². The van der Waals surface area contributed by atoms with E-state index in [1.165, 1.54) is 14.2 Å². The number of carbonyl (C=O) groups is 2. The molecule has 80 valence electrons. The van der Waals surface area contributed by atoms with Gasteiger partial charge in [-0.2, -0.15) is 0 Å². The van der Waals surface area contributed by atoms with Crippen LogP contribution in [-0.4, -0.2) is 26.7 Å². The van der Waals surface area contributed by atoms with E-state index in [4.69, 9.17) is 4.74 Å². The Morgan fingerprint density at radius 3 is 2.27 bits per heavy atom. The van der Waals surface area contributed by atoms with Gasteiger partial charge in [0.15, 0.2) is 0 Å². The molecule has 5 nitrogen and oxygen atoms in total. The van der Waals surface area contributed by atoms with Gasteiger partial charge >= 0.3 is 6.09 Å². The van der Waals surface area contributed by atoms with Crippen molar-refractivity contribution in [1.29, 1.82) is 0 Å². The van der Waals surface area contributed by atoms with E-state index in [1.54, 1.807) is 24.3 Å². The quantitative estimate of drug-likeness (QED) is 0.706. The molecule has 0 aliphatic rings. The molecule has 0 atom stereocenters. The Hall–Kier alpha value is -2.04. The lowest BCUT2D eigenvalue weighted by atomic mass is 10.3. The summed E-state index contributed by atoms with van der Waals surface area (Å²) in [5.74, 6) is 0.648. The summed E-state index contributed by atoms with van der Waals surface area (Å²) in [6.45, 7) is 0.